The lowest BCUT2D eigenvalue weighted by Gasteiger charge is -2.07. The molecule has 0 N–H and O–H groups in total. The van der Waals surface area contributed by atoms with Crippen molar-refractivity contribution in [1.29, 1.82) is 0 Å². The van der Waals surface area contributed by atoms with Crippen molar-refractivity contribution in [3.63, 3.8) is 0 Å². The summed E-state index contributed by atoms with van der Waals surface area (Å²) in [7, 11) is 2.19. The fourth-order valence-corrected chi connectivity index (χ4v) is 6.49. The van der Waals surface area contributed by atoms with Gasteiger partial charge in [0.2, 0.25) is 0 Å². The van der Waals surface area contributed by atoms with Crippen LogP contribution in [0, 0.1) is 6.92 Å². The molecule has 1 saturated carbocycles. The molecule has 3 nitrogen and oxygen atoms in total. The van der Waals surface area contributed by atoms with E-state index in [1.165, 1.54) is 69.1 Å². The summed E-state index contributed by atoms with van der Waals surface area (Å²) in [5.74, 6) is 1.86. The first kappa shape index (κ1) is 18.8. The maximum absolute atomic E-state index is 5.11. The lowest BCUT2D eigenvalue weighted by molar-refractivity contribution is -0.633. The van der Waals surface area contributed by atoms with Gasteiger partial charge in [-0.1, -0.05) is 49.2 Å². The van der Waals surface area contributed by atoms with Crippen LogP contribution < -0.4 is 4.57 Å². The zero-order valence-electron chi connectivity index (χ0n) is 18.0. The van der Waals surface area contributed by atoms with Crippen LogP contribution in [-0.2, 0) is 7.05 Å². The SMILES string of the molecule is Cc1ccc2nc(C3CCCC3)sc2c1-c1n(-c2ccccc2)c2ccccc2[n+]1C. The first-order valence-electron chi connectivity index (χ1n) is 11.2. The van der Waals surface area contributed by atoms with Crippen molar-refractivity contribution in [2.75, 3.05) is 0 Å². The summed E-state index contributed by atoms with van der Waals surface area (Å²) in [5.41, 5.74) is 7.39. The van der Waals surface area contributed by atoms with Crippen molar-refractivity contribution in [3.05, 3.63) is 77.3 Å². The van der Waals surface area contributed by atoms with E-state index in [1.807, 2.05) is 11.3 Å². The lowest BCUT2D eigenvalue weighted by Crippen LogP contribution is -2.30. The molecule has 4 heteroatoms. The molecule has 1 aliphatic carbocycles. The highest BCUT2D eigenvalue weighted by Gasteiger charge is 2.30. The van der Waals surface area contributed by atoms with E-state index in [1.54, 1.807) is 0 Å². The Bertz CT molecular complexity index is 1410. The second-order valence-electron chi connectivity index (χ2n) is 8.68. The van der Waals surface area contributed by atoms with Crippen LogP contribution in [0.3, 0.4) is 0 Å². The molecule has 5 aromatic rings. The summed E-state index contributed by atoms with van der Waals surface area (Å²) >= 11 is 1.91. The molecule has 1 aliphatic rings. The number of rotatable bonds is 3. The van der Waals surface area contributed by atoms with Crippen molar-refractivity contribution in [2.45, 2.75) is 38.5 Å². The minimum atomic E-state index is 0.638. The molecule has 0 unspecified atom stereocenters. The van der Waals surface area contributed by atoms with Crippen LogP contribution in [0.15, 0.2) is 66.7 Å². The van der Waals surface area contributed by atoms with Gasteiger partial charge in [0.15, 0.2) is 11.0 Å². The van der Waals surface area contributed by atoms with Crippen LogP contribution >= 0.6 is 11.3 Å². The number of aryl methyl sites for hydroxylation is 2. The Kier molecular flexibility index (Phi) is 4.43. The molecule has 31 heavy (non-hydrogen) atoms. The molecule has 2 heterocycles. The van der Waals surface area contributed by atoms with Gasteiger partial charge in [0.1, 0.15) is 5.69 Å². The Morgan fingerprint density at radius 3 is 2.48 bits per heavy atom. The number of fused-ring (bicyclic) bond motifs is 2. The Morgan fingerprint density at radius 2 is 1.68 bits per heavy atom. The normalized spacial score (nSPS) is 14.8. The lowest BCUT2D eigenvalue weighted by atomic mass is 10.1. The summed E-state index contributed by atoms with van der Waals surface area (Å²) in [5, 5.41) is 1.32. The largest absolute Gasteiger partial charge is 0.296 e. The average Bonchev–Trinajstić information content (AvgIpc) is 3.53. The van der Waals surface area contributed by atoms with Gasteiger partial charge in [0.25, 0.3) is 5.82 Å². The Morgan fingerprint density at radius 1 is 0.935 bits per heavy atom. The number of para-hydroxylation sites is 3. The minimum Gasteiger partial charge on any atom is -0.241 e. The molecule has 0 bridgehead atoms. The van der Waals surface area contributed by atoms with Gasteiger partial charge >= 0.3 is 0 Å². The fourth-order valence-electron chi connectivity index (χ4n) is 5.17. The van der Waals surface area contributed by atoms with Gasteiger partial charge in [-0.15, -0.1) is 11.3 Å². The highest BCUT2D eigenvalue weighted by Crippen LogP contribution is 2.42. The molecule has 3 aromatic carbocycles. The first-order valence-corrected chi connectivity index (χ1v) is 12.0. The maximum Gasteiger partial charge on any atom is 0.296 e. The molecule has 2 aromatic heterocycles. The molecule has 6 rings (SSSR count). The van der Waals surface area contributed by atoms with Crippen LogP contribution in [-0.4, -0.2) is 9.55 Å². The van der Waals surface area contributed by atoms with E-state index in [-0.39, 0.29) is 0 Å². The molecule has 0 aliphatic heterocycles. The smallest absolute Gasteiger partial charge is 0.241 e. The maximum atomic E-state index is 5.11. The molecular formula is C27H26N3S+. The van der Waals surface area contributed by atoms with Crippen molar-refractivity contribution in [1.82, 2.24) is 9.55 Å². The van der Waals surface area contributed by atoms with Gasteiger partial charge in [-0.2, -0.15) is 4.57 Å². The zero-order valence-corrected chi connectivity index (χ0v) is 18.8. The number of thiazole rings is 1. The van der Waals surface area contributed by atoms with E-state index >= 15 is 0 Å². The third-order valence-corrected chi connectivity index (χ3v) is 7.99. The van der Waals surface area contributed by atoms with Crippen LogP contribution in [0.4, 0.5) is 0 Å². The number of hydrogen-bond donors (Lipinski definition) is 0. The monoisotopic (exact) mass is 424 g/mol. The fraction of sp³-hybridized carbons (Fsp3) is 0.259. The second-order valence-corrected chi connectivity index (χ2v) is 9.71. The minimum absolute atomic E-state index is 0.638. The van der Waals surface area contributed by atoms with Crippen LogP contribution in [0.1, 0.15) is 42.2 Å². The summed E-state index contributed by atoms with van der Waals surface area (Å²) in [6, 6.07) is 23.8. The van der Waals surface area contributed by atoms with Gasteiger partial charge in [-0.05, 0) is 55.7 Å². The zero-order chi connectivity index (χ0) is 20.9. The molecule has 1 fully saturated rings. The van der Waals surface area contributed by atoms with Gasteiger partial charge in [0, 0.05) is 5.92 Å². The highest BCUT2D eigenvalue weighted by atomic mass is 32.1. The average molecular weight is 425 g/mol. The van der Waals surface area contributed by atoms with E-state index < -0.39 is 0 Å². The molecule has 0 amide bonds. The third kappa shape index (κ3) is 2.93. The van der Waals surface area contributed by atoms with E-state index in [0.29, 0.717) is 5.92 Å². The summed E-state index contributed by atoms with van der Waals surface area (Å²) < 4.78 is 6.07. The number of benzene rings is 3. The van der Waals surface area contributed by atoms with Crippen molar-refractivity contribution >= 4 is 32.6 Å². The Balaban J connectivity index is 1.69. The molecule has 0 saturated heterocycles. The van der Waals surface area contributed by atoms with Gasteiger partial charge < -0.3 is 0 Å². The number of imidazole rings is 1. The van der Waals surface area contributed by atoms with E-state index in [9.17, 15) is 0 Å². The van der Waals surface area contributed by atoms with Crippen molar-refractivity contribution in [2.24, 2.45) is 7.05 Å². The predicted octanol–water partition coefficient (Wildman–Crippen LogP) is 6.70. The van der Waals surface area contributed by atoms with Gasteiger partial charge in [0.05, 0.1) is 27.8 Å². The standard InChI is InChI=1S/C27H26N3S/c1-18-16-17-21-25(31-26(28-21)19-10-6-7-11-19)24(18)27-29(2)22-14-8-9-15-23(22)30(27)20-12-4-3-5-13-20/h3-5,8-9,12-17,19H,6-7,10-11H2,1-2H3/q+1. The number of hydrogen-bond acceptors (Lipinski definition) is 2. The van der Waals surface area contributed by atoms with Crippen molar-refractivity contribution < 1.29 is 4.57 Å². The number of nitrogens with zero attached hydrogens (tertiary/aromatic N) is 3. The summed E-state index contributed by atoms with van der Waals surface area (Å²) in [4.78, 5) is 5.11. The second kappa shape index (κ2) is 7.31. The molecule has 0 atom stereocenters. The van der Waals surface area contributed by atoms with Crippen LogP contribution in [0.25, 0.3) is 38.3 Å². The van der Waals surface area contributed by atoms with Crippen LogP contribution in [0.2, 0.25) is 0 Å². The Hall–Kier alpha value is -2.98. The van der Waals surface area contributed by atoms with Gasteiger partial charge in [-0.25, -0.2) is 9.55 Å². The number of aromatic nitrogens is 3. The summed E-state index contributed by atoms with van der Waals surface area (Å²) in [6.07, 6.45) is 5.24. The van der Waals surface area contributed by atoms with E-state index in [2.05, 4.69) is 89.8 Å². The molecular weight excluding hydrogens is 398 g/mol. The molecule has 0 spiro atoms. The third-order valence-electron chi connectivity index (χ3n) is 6.74. The summed E-state index contributed by atoms with van der Waals surface area (Å²) in [6.45, 7) is 2.23. The quantitative estimate of drug-likeness (QED) is 0.295. The first-order chi connectivity index (χ1) is 15.2. The van der Waals surface area contributed by atoms with Crippen LogP contribution in [0.5, 0.6) is 0 Å². The van der Waals surface area contributed by atoms with Crippen molar-refractivity contribution in [3.8, 4) is 17.1 Å². The van der Waals surface area contributed by atoms with E-state index in [0.717, 1.165) is 5.52 Å². The highest BCUT2D eigenvalue weighted by molar-refractivity contribution is 7.19. The Labute approximate surface area is 186 Å². The van der Waals surface area contributed by atoms with E-state index in [4.69, 9.17) is 4.98 Å². The molecule has 154 valence electrons. The van der Waals surface area contributed by atoms with Gasteiger partial charge in [-0.3, -0.25) is 0 Å². The topological polar surface area (TPSA) is 21.7 Å². The predicted molar refractivity (Wildman–Crippen MR) is 129 cm³/mol. The molecule has 0 radical (unpaired) electrons.